The van der Waals surface area contributed by atoms with Gasteiger partial charge in [-0.25, -0.2) is 0 Å². The van der Waals surface area contributed by atoms with E-state index in [1.807, 2.05) is 62.4 Å². The van der Waals surface area contributed by atoms with Crippen molar-refractivity contribution in [2.24, 2.45) is 11.8 Å². The Labute approximate surface area is 209 Å². The maximum Gasteiger partial charge on any atom is 0.0639 e. The van der Waals surface area contributed by atoms with Gasteiger partial charge in [0, 0.05) is 42.9 Å². The molecule has 0 bridgehead atoms. The summed E-state index contributed by atoms with van der Waals surface area (Å²) < 4.78 is 38.0. The molecule has 5 rings (SSSR count). The minimum Gasteiger partial charge on any atom is -0.333 e. The van der Waals surface area contributed by atoms with Crippen LogP contribution in [0.15, 0.2) is 66.9 Å². The predicted octanol–water partition coefficient (Wildman–Crippen LogP) is 7.50. The number of hydrogen-bond donors (Lipinski definition) is 0. The normalized spacial score (nSPS) is 14.4. The summed E-state index contributed by atoms with van der Waals surface area (Å²) in [5.74, 6) is -0.599. The van der Waals surface area contributed by atoms with E-state index in [1.54, 1.807) is 24.4 Å². The number of fused-ring (bicyclic) bond motifs is 6. The summed E-state index contributed by atoms with van der Waals surface area (Å²) in [4.78, 5) is 4.80. The molecule has 2 nitrogen and oxygen atoms in total. The van der Waals surface area contributed by atoms with E-state index >= 15 is 0 Å². The molecule has 0 saturated carbocycles. The maximum atomic E-state index is 8.98. The van der Waals surface area contributed by atoms with E-state index in [0.29, 0.717) is 22.4 Å². The summed E-state index contributed by atoms with van der Waals surface area (Å²) in [5, 5.41) is 2.98. The Balaban J connectivity index is 0.00000304. The van der Waals surface area contributed by atoms with Gasteiger partial charge in [0.1, 0.15) is 0 Å². The summed E-state index contributed by atoms with van der Waals surface area (Å²) in [6.07, 6.45) is -1.57. The van der Waals surface area contributed by atoms with E-state index in [2.05, 4.69) is 18.2 Å². The van der Waals surface area contributed by atoms with Crippen LogP contribution in [0.2, 0.25) is 0 Å². The number of hydrogen-bond acceptors (Lipinski definition) is 1. The SMILES string of the molecule is [2H]C([2H])(c1cccc(C([2H])([2H])C(C)C)c1-c1cnc2c3[c-]cccc3c3ccccc3n12)C(C)C.[Ir]. The van der Waals surface area contributed by atoms with Crippen LogP contribution in [0.1, 0.15) is 44.3 Å². The zero-order valence-corrected chi connectivity index (χ0v) is 21.1. The summed E-state index contributed by atoms with van der Waals surface area (Å²) in [5.41, 5.74) is 3.91. The van der Waals surface area contributed by atoms with Crippen molar-refractivity contribution < 1.29 is 25.6 Å². The summed E-state index contributed by atoms with van der Waals surface area (Å²) in [6.45, 7) is 7.44. The molecule has 0 aliphatic heterocycles. The molecule has 0 amide bonds. The zero-order valence-electron chi connectivity index (χ0n) is 22.7. The molecule has 0 aliphatic rings. The molecular formula is C29H29IrN2-. The molecular weight excluding hydrogens is 569 g/mol. The zero-order chi connectivity index (χ0) is 25.1. The molecule has 0 atom stereocenters. The monoisotopic (exact) mass is 602 g/mol. The van der Waals surface area contributed by atoms with Crippen molar-refractivity contribution in [1.82, 2.24) is 9.38 Å². The molecule has 2 heterocycles. The van der Waals surface area contributed by atoms with Gasteiger partial charge in [-0.2, -0.15) is 0 Å². The van der Waals surface area contributed by atoms with Crippen molar-refractivity contribution in [3.05, 3.63) is 84.1 Å². The first kappa shape index (κ1) is 18.0. The first-order chi connectivity index (χ1) is 16.6. The van der Waals surface area contributed by atoms with Crippen LogP contribution in [-0.4, -0.2) is 9.38 Å². The standard InChI is InChI=1S/C29H29N2.Ir/c1-19(2)16-21-10-9-11-22(17-20(3)4)28(21)27-18-30-29-25-14-6-5-12-23(25)24-13-7-8-15-26(24)31(27)29;/h5-13,15,18-20H,16-17H2,1-4H3;/q-1;/i16D2,17D2;. The number of nitrogens with zero attached hydrogens (tertiary/aromatic N) is 2. The fourth-order valence-electron chi connectivity index (χ4n) is 4.38. The van der Waals surface area contributed by atoms with Crippen molar-refractivity contribution in [2.45, 2.75) is 40.4 Å². The smallest absolute Gasteiger partial charge is 0.0639 e. The number of imidazole rings is 1. The Hall–Kier alpha value is -2.48. The molecule has 0 N–H and O–H groups in total. The fourth-order valence-corrected chi connectivity index (χ4v) is 4.38. The summed E-state index contributed by atoms with van der Waals surface area (Å²) in [7, 11) is 0. The van der Waals surface area contributed by atoms with Crippen LogP contribution in [0.4, 0.5) is 0 Å². The molecule has 0 saturated heterocycles. The molecule has 0 spiro atoms. The predicted molar refractivity (Wildman–Crippen MR) is 132 cm³/mol. The summed E-state index contributed by atoms with van der Waals surface area (Å²) in [6, 6.07) is 22.7. The van der Waals surface area contributed by atoms with Gasteiger partial charge in [-0.3, -0.25) is 4.98 Å². The maximum absolute atomic E-state index is 8.98. The van der Waals surface area contributed by atoms with E-state index in [0.717, 1.165) is 27.3 Å². The largest absolute Gasteiger partial charge is 0.333 e. The minimum absolute atomic E-state index is 0. The van der Waals surface area contributed by atoms with E-state index in [4.69, 9.17) is 10.5 Å². The number of aromatic nitrogens is 2. The van der Waals surface area contributed by atoms with Crippen LogP contribution >= 0.6 is 0 Å². The van der Waals surface area contributed by atoms with Crippen LogP contribution in [0.25, 0.3) is 38.6 Å². The van der Waals surface area contributed by atoms with Gasteiger partial charge in [-0.05, 0) is 47.2 Å². The van der Waals surface area contributed by atoms with E-state index < -0.39 is 12.7 Å². The Morgan fingerprint density at radius 3 is 2.22 bits per heavy atom. The third kappa shape index (κ3) is 3.89. The van der Waals surface area contributed by atoms with Gasteiger partial charge in [0.05, 0.1) is 11.3 Å². The molecule has 5 aromatic rings. The van der Waals surface area contributed by atoms with Gasteiger partial charge in [-0.15, -0.1) is 29.7 Å². The molecule has 0 unspecified atom stereocenters. The minimum atomic E-state index is -1.67. The van der Waals surface area contributed by atoms with Gasteiger partial charge in [-0.1, -0.05) is 69.5 Å². The summed E-state index contributed by atoms with van der Waals surface area (Å²) >= 11 is 0. The van der Waals surface area contributed by atoms with E-state index in [9.17, 15) is 0 Å². The van der Waals surface area contributed by atoms with Crippen molar-refractivity contribution in [1.29, 1.82) is 0 Å². The van der Waals surface area contributed by atoms with Gasteiger partial charge < -0.3 is 4.40 Å². The van der Waals surface area contributed by atoms with Crippen molar-refractivity contribution >= 4 is 27.3 Å². The number of pyridine rings is 1. The average Bonchev–Trinajstić information content (AvgIpc) is 3.29. The quantitative estimate of drug-likeness (QED) is 0.151. The van der Waals surface area contributed by atoms with Crippen LogP contribution < -0.4 is 0 Å². The number of benzene rings is 3. The first-order valence-electron chi connectivity index (χ1n) is 12.9. The van der Waals surface area contributed by atoms with E-state index in [1.165, 1.54) is 0 Å². The molecule has 0 fully saturated rings. The number of para-hydroxylation sites is 1. The van der Waals surface area contributed by atoms with Crippen molar-refractivity contribution in [3.63, 3.8) is 0 Å². The Bertz CT molecular complexity index is 1530. The molecule has 165 valence electrons. The van der Waals surface area contributed by atoms with Crippen LogP contribution in [0.5, 0.6) is 0 Å². The molecule has 2 aromatic heterocycles. The Morgan fingerprint density at radius 1 is 0.875 bits per heavy atom. The van der Waals surface area contributed by atoms with Crippen LogP contribution in [-0.2, 0) is 32.9 Å². The average molecular weight is 602 g/mol. The number of rotatable bonds is 5. The van der Waals surface area contributed by atoms with Gasteiger partial charge >= 0.3 is 0 Å². The van der Waals surface area contributed by atoms with Gasteiger partial charge in [0.15, 0.2) is 0 Å². The third-order valence-corrected chi connectivity index (χ3v) is 5.49. The second kappa shape index (κ2) is 9.17. The van der Waals surface area contributed by atoms with Crippen LogP contribution in [0.3, 0.4) is 0 Å². The molecule has 1 radical (unpaired) electrons. The third-order valence-electron chi connectivity index (χ3n) is 5.49. The Kier molecular flexibility index (Phi) is 5.16. The van der Waals surface area contributed by atoms with Crippen molar-refractivity contribution in [2.75, 3.05) is 0 Å². The van der Waals surface area contributed by atoms with Crippen molar-refractivity contribution in [3.8, 4) is 11.3 Å². The second-order valence-corrected chi connectivity index (χ2v) is 8.60. The van der Waals surface area contributed by atoms with E-state index in [-0.39, 0.29) is 31.9 Å². The topological polar surface area (TPSA) is 17.3 Å². The second-order valence-electron chi connectivity index (χ2n) is 8.60. The molecule has 3 aromatic carbocycles. The van der Waals surface area contributed by atoms with Gasteiger partial charge in [0.25, 0.3) is 0 Å². The molecule has 3 heteroatoms. The fraction of sp³-hybridized carbons (Fsp3) is 0.276. The molecule has 32 heavy (non-hydrogen) atoms. The molecule has 0 aliphatic carbocycles. The van der Waals surface area contributed by atoms with Gasteiger partial charge in [0.2, 0.25) is 0 Å². The Morgan fingerprint density at radius 2 is 1.53 bits per heavy atom. The first-order valence-corrected chi connectivity index (χ1v) is 10.9. The van der Waals surface area contributed by atoms with Crippen LogP contribution in [0, 0.1) is 17.9 Å².